The molecule has 1 heterocycles. The van der Waals surface area contributed by atoms with E-state index < -0.39 is 0 Å². The van der Waals surface area contributed by atoms with Gasteiger partial charge in [-0.25, -0.2) is 4.98 Å². The Labute approximate surface area is 260 Å². The van der Waals surface area contributed by atoms with Crippen LogP contribution in [0, 0.1) is 6.92 Å². The lowest BCUT2D eigenvalue weighted by atomic mass is 10.1. The molecule has 3 aromatic carbocycles. The van der Waals surface area contributed by atoms with Crippen molar-refractivity contribution in [3.8, 4) is 11.5 Å². The first-order valence-electron chi connectivity index (χ1n) is 13.0. The fourth-order valence-corrected chi connectivity index (χ4v) is 5.05. The second kappa shape index (κ2) is 13.6. The maximum atomic E-state index is 13.5. The highest BCUT2D eigenvalue weighted by atomic mass is 79.9. The maximum Gasteiger partial charge on any atom is 0.282 e. The van der Waals surface area contributed by atoms with Crippen molar-refractivity contribution in [1.29, 1.82) is 0 Å². The highest BCUT2D eigenvalue weighted by Crippen LogP contribution is 2.42. The Bertz CT molecular complexity index is 1690. The Morgan fingerprint density at radius 2 is 1.93 bits per heavy atom. The Morgan fingerprint density at radius 1 is 1.17 bits per heavy atom. The summed E-state index contributed by atoms with van der Waals surface area (Å²) < 4.78 is 14.2. The summed E-state index contributed by atoms with van der Waals surface area (Å²) in [5, 5.41) is 8.03. The number of aromatic nitrogens is 2. The number of fused-ring (bicyclic) bond motifs is 1. The molecule has 1 atom stereocenters. The van der Waals surface area contributed by atoms with Crippen LogP contribution in [0.5, 0.6) is 11.5 Å². The number of carbonyl (C=O) groups is 1. The van der Waals surface area contributed by atoms with Gasteiger partial charge >= 0.3 is 0 Å². The summed E-state index contributed by atoms with van der Waals surface area (Å²) in [5.41, 5.74) is 2.51. The van der Waals surface area contributed by atoms with Gasteiger partial charge in [0.2, 0.25) is 0 Å². The number of hydrogen-bond donors (Lipinski definition) is 1. The van der Waals surface area contributed by atoms with E-state index in [0.717, 1.165) is 16.5 Å². The fraction of sp³-hybridized carbons (Fsp3) is 0.267. The number of carbonyl (C=O) groups excluding carboxylic acids is 1. The third kappa shape index (κ3) is 6.99. The zero-order valence-electron chi connectivity index (χ0n) is 23.0. The highest BCUT2D eigenvalue weighted by Gasteiger charge is 2.20. The first-order chi connectivity index (χ1) is 19.6. The van der Waals surface area contributed by atoms with Crippen LogP contribution in [0.2, 0.25) is 5.02 Å². The van der Waals surface area contributed by atoms with Crippen molar-refractivity contribution >= 4 is 72.2 Å². The van der Waals surface area contributed by atoms with Crippen molar-refractivity contribution in [3.63, 3.8) is 0 Å². The standard InChI is InChI=1S/C30H29Br2ClN4O4/c1-5-17(3)29-36-23-12-11-20(31)14-21(23)30(39)37(29)34-15-19-13-24(40-6-2)28(27(33)26(19)32)41-16-25(38)35-22-10-8-7-9-18(22)4/h7-15,17H,5-6,16H2,1-4H3,(H,35,38)/t17-/m0/s1. The molecule has 4 rings (SSSR count). The van der Waals surface area contributed by atoms with E-state index in [4.69, 9.17) is 26.1 Å². The predicted molar refractivity (Wildman–Crippen MR) is 171 cm³/mol. The number of amides is 1. The number of anilines is 1. The highest BCUT2D eigenvalue weighted by molar-refractivity contribution is 9.10. The number of benzene rings is 3. The molecule has 0 saturated carbocycles. The molecule has 0 aliphatic heterocycles. The second-order valence-electron chi connectivity index (χ2n) is 9.31. The summed E-state index contributed by atoms with van der Waals surface area (Å²) in [6, 6.07) is 14.6. The molecule has 1 N–H and O–H groups in total. The van der Waals surface area contributed by atoms with Crippen LogP contribution in [0.4, 0.5) is 5.69 Å². The largest absolute Gasteiger partial charge is 0.490 e. The molecule has 0 aliphatic rings. The van der Waals surface area contributed by atoms with Gasteiger partial charge in [-0.05, 0) is 72.1 Å². The van der Waals surface area contributed by atoms with Gasteiger partial charge in [0.1, 0.15) is 10.8 Å². The van der Waals surface area contributed by atoms with Crippen LogP contribution in [0.3, 0.4) is 0 Å². The zero-order chi connectivity index (χ0) is 29.7. The minimum atomic E-state index is -0.341. The van der Waals surface area contributed by atoms with Gasteiger partial charge in [0.25, 0.3) is 11.5 Å². The number of ether oxygens (including phenoxy) is 2. The molecule has 0 bridgehead atoms. The molecular weight excluding hydrogens is 676 g/mol. The summed E-state index contributed by atoms with van der Waals surface area (Å²) in [6.07, 6.45) is 2.30. The third-order valence-corrected chi connectivity index (χ3v) is 8.36. The van der Waals surface area contributed by atoms with E-state index in [1.165, 1.54) is 10.9 Å². The molecule has 0 fully saturated rings. The minimum absolute atomic E-state index is 0.0134. The molecule has 0 radical (unpaired) electrons. The topological polar surface area (TPSA) is 94.8 Å². The normalized spacial score (nSPS) is 12.1. The Balaban J connectivity index is 1.68. The molecule has 1 amide bonds. The second-order valence-corrected chi connectivity index (χ2v) is 11.4. The summed E-state index contributed by atoms with van der Waals surface area (Å²) in [4.78, 5) is 30.8. The van der Waals surface area contributed by atoms with Gasteiger partial charge in [-0.2, -0.15) is 9.78 Å². The van der Waals surface area contributed by atoms with Crippen molar-refractivity contribution in [3.05, 3.63) is 89.8 Å². The van der Waals surface area contributed by atoms with Crippen LogP contribution in [-0.2, 0) is 4.79 Å². The summed E-state index contributed by atoms with van der Waals surface area (Å²) in [6.45, 7) is 7.82. The van der Waals surface area contributed by atoms with Gasteiger partial charge in [0, 0.05) is 26.1 Å². The van der Waals surface area contributed by atoms with E-state index >= 15 is 0 Å². The first-order valence-corrected chi connectivity index (χ1v) is 15.0. The average molecular weight is 705 g/mol. The van der Waals surface area contributed by atoms with Crippen molar-refractivity contribution in [2.24, 2.45) is 5.10 Å². The molecule has 4 aromatic rings. The van der Waals surface area contributed by atoms with Gasteiger partial charge in [0.15, 0.2) is 18.1 Å². The molecule has 8 nitrogen and oxygen atoms in total. The summed E-state index contributed by atoms with van der Waals surface area (Å²) in [5.74, 6) is 0.746. The number of para-hydroxylation sites is 1. The first kappa shape index (κ1) is 30.7. The van der Waals surface area contributed by atoms with Crippen LogP contribution in [0.1, 0.15) is 50.1 Å². The molecule has 1 aromatic heterocycles. The molecular formula is C30H29Br2ClN4O4. The van der Waals surface area contributed by atoms with Gasteiger partial charge in [-0.3, -0.25) is 9.59 Å². The predicted octanol–water partition coefficient (Wildman–Crippen LogP) is 7.70. The van der Waals surface area contributed by atoms with Gasteiger partial charge in [0.05, 0.1) is 23.7 Å². The van der Waals surface area contributed by atoms with E-state index in [-0.39, 0.29) is 34.8 Å². The zero-order valence-corrected chi connectivity index (χ0v) is 26.9. The van der Waals surface area contributed by atoms with Crippen LogP contribution in [0.15, 0.2) is 67.4 Å². The van der Waals surface area contributed by atoms with Gasteiger partial charge < -0.3 is 14.8 Å². The van der Waals surface area contributed by atoms with Crippen LogP contribution >= 0.6 is 43.5 Å². The Kier molecular flexibility index (Phi) is 10.2. The molecule has 0 aliphatic carbocycles. The van der Waals surface area contributed by atoms with Crippen molar-refractivity contribution in [2.75, 3.05) is 18.5 Å². The Hall–Kier alpha value is -3.21. The van der Waals surface area contributed by atoms with Crippen molar-refractivity contribution in [2.45, 2.75) is 40.0 Å². The molecule has 0 saturated heterocycles. The minimum Gasteiger partial charge on any atom is -0.490 e. The molecule has 41 heavy (non-hydrogen) atoms. The monoisotopic (exact) mass is 702 g/mol. The smallest absolute Gasteiger partial charge is 0.282 e. The molecule has 11 heteroatoms. The molecule has 214 valence electrons. The maximum absolute atomic E-state index is 13.5. The third-order valence-electron chi connectivity index (χ3n) is 6.42. The number of nitrogens with zero attached hydrogens (tertiary/aromatic N) is 3. The van der Waals surface area contributed by atoms with E-state index in [2.05, 4.69) is 42.3 Å². The van der Waals surface area contributed by atoms with E-state index in [0.29, 0.717) is 44.8 Å². The number of rotatable bonds is 10. The summed E-state index contributed by atoms with van der Waals surface area (Å²) in [7, 11) is 0. The van der Waals surface area contributed by atoms with Crippen LogP contribution in [-0.4, -0.2) is 35.0 Å². The number of aryl methyl sites for hydroxylation is 1. The van der Waals surface area contributed by atoms with E-state index in [1.54, 1.807) is 12.1 Å². The lowest BCUT2D eigenvalue weighted by molar-refractivity contribution is -0.118. The van der Waals surface area contributed by atoms with Crippen LogP contribution in [0.25, 0.3) is 10.9 Å². The van der Waals surface area contributed by atoms with Gasteiger partial charge in [-0.1, -0.05) is 59.6 Å². The van der Waals surface area contributed by atoms with Crippen LogP contribution < -0.4 is 20.3 Å². The summed E-state index contributed by atoms with van der Waals surface area (Å²) >= 11 is 13.6. The number of halogens is 3. The molecule has 0 spiro atoms. The average Bonchev–Trinajstić information content (AvgIpc) is 2.95. The fourth-order valence-electron chi connectivity index (χ4n) is 4.03. The molecule has 0 unspecified atom stereocenters. The quantitative estimate of drug-likeness (QED) is 0.171. The lowest BCUT2D eigenvalue weighted by Gasteiger charge is -2.17. The number of hydrogen-bond acceptors (Lipinski definition) is 6. The van der Waals surface area contributed by atoms with Crippen molar-refractivity contribution < 1.29 is 14.3 Å². The lowest BCUT2D eigenvalue weighted by Crippen LogP contribution is -2.23. The van der Waals surface area contributed by atoms with E-state index in [9.17, 15) is 9.59 Å². The van der Waals surface area contributed by atoms with Crippen molar-refractivity contribution in [1.82, 2.24) is 9.66 Å². The number of nitrogens with one attached hydrogen (secondary N) is 1. The van der Waals surface area contributed by atoms with E-state index in [1.807, 2.05) is 64.1 Å². The van der Waals surface area contributed by atoms with Gasteiger partial charge in [-0.15, -0.1) is 0 Å². The Morgan fingerprint density at radius 3 is 2.63 bits per heavy atom. The SMILES string of the molecule is CCOc1cc(C=Nn2c([C@@H](C)CC)nc3ccc(Br)cc3c2=O)c(Br)c(Cl)c1OCC(=O)Nc1ccccc1C.